The molecule has 6 nitrogen and oxygen atoms in total. The Morgan fingerprint density at radius 2 is 1.82 bits per heavy atom. The van der Waals surface area contributed by atoms with Crippen molar-refractivity contribution in [1.82, 2.24) is 14.8 Å². The Morgan fingerprint density at radius 3 is 2.57 bits per heavy atom. The number of nitrogens with one attached hydrogen (secondary N) is 1. The number of ether oxygens (including phenoxy) is 1. The van der Waals surface area contributed by atoms with Crippen LogP contribution < -0.4 is 10.1 Å². The largest absolute Gasteiger partial charge is 0.497 e. The minimum atomic E-state index is -0.267. The lowest BCUT2D eigenvalue weighted by Gasteiger charge is -2.08. The van der Waals surface area contributed by atoms with Gasteiger partial charge in [0.1, 0.15) is 11.4 Å². The molecule has 0 radical (unpaired) electrons. The number of methoxy groups -OCH3 is 1. The summed E-state index contributed by atoms with van der Waals surface area (Å²) in [6.45, 7) is 3.81. The highest BCUT2D eigenvalue weighted by Gasteiger charge is 2.17. The molecule has 0 fully saturated rings. The summed E-state index contributed by atoms with van der Waals surface area (Å²) in [5, 5.41) is 9.37. The molecule has 4 rings (SSSR count). The number of para-hydroxylation sites is 1. The topological polar surface area (TPSA) is 69.0 Å². The Labute approximate surface area is 162 Å². The first-order valence-corrected chi connectivity index (χ1v) is 8.93. The van der Waals surface area contributed by atoms with Gasteiger partial charge < -0.3 is 10.1 Å². The second kappa shape index (κ2) is 7.15. The van der Waals surface area contributed by atoms with Gasteiger partial charge in [-0.1, -0.05) is 24.3 Å². The van der Waals surface area contributed by atoms with Crippen LogP contribution in [0.1, 0.15) is 21.9 Å². The Balaban J connectivity index is 1.64. The molecule has 1 amide bonds. The van der Waals surface area contributed by atoms with E-state index in [2.05, 4.69) is 15.4 Å². The molecule has 0 aliphatic carbocycles. The third-order valence-corrected chi connectivity index (χ3v) is 4.69. The lowest BCUT2D eigenvalue weighted by molar-refractivity contribution is 0.102. The van der Waals surface area contributed by atoms with Gasteiger partial charge in [0, 0.05) is 11.6 Å². The first-order chi connectivity index (χ1) is 13.6. The van der Waals surface area contributed by atoms with Crippen LogP contribution in [0.4, 0.5) is 5.69 Å². The number of fused-ring (bicyclic) bond motifs is 1. The molecule has 0 aliphatic rings. The van der Waals surface area contributed by atoms with Crippen LogP contribution in [0.3, 0.4) is 0 Å². The van der Waals surface area contributed by atoms with E-state index in [1.165, 1.54) is 0 Å². The zero-order valence-corrected chi connectivity index (χ0v) is 15.9. The predicted molar refractivity (Wildman–Crippen MR) is 109 cm³/mol. The molecule has 4 aromatic rings. The standard InChI is InChI=1S/C22H20N4O2/c1-14-21(15(2)26(25-14)18-7-5-4-6-8-18)24-22(27)20-12-16-9-10-19(28-3)11-17(16)13-23-20/h4-13H,1-3H3,(H,24,27). The van der Waals surface area contributed by atoms with Gasteiger partial charge in [0.05, 0.1) is 29.9 Å². The van der Waals surface area contributed by atoms with E-state index in [0.717, 1.165) is 33.6 Å². The van der Waals surface area contributed by atoms with Gasteiger partial charge in [-0.05, 0) is 49.6 Å². The first-order valence-electron chi connectivity index (χ1n) is 8.93. The highest BCUT2D eigenvalue weighted by atomic mass is 16.5. The van der Waals surface area contributed by atoms with E-state index >= 15 is 0 Å². The van der Waals surface area contributed by atoms with E-state index in [4.69, 9.17) is 4.74 Å². The minimum absolute atomic E-state index is 0.267. The maximum Gasteiger partial charge on any atom is 0.274 e. The monoisotopic (exact) mass is 372 g/mol. The van der Waals surface area contributed by atoms with Gasteiger partial charge in [-0.2, -0.15) is 5.10 Å². The number of carbonyl (C=O) groups is 1. The fourth-order valence-electron chi connectivity index (χ4n) is 3.19. The van der Waals surface area contributed by atoms with E-state index in [9.17, 15) is 4.79 Å². The smallest absolute Gasteiger partial charge is 0.274 e. The Bertz CT molecular complexity index is 1170. The summed E-state index contributed by atoms with van der Waals surface area (Å²) in [5.41, 5.74) is 3.61. The maximum atomic E-state index is 12.8. The quantitative estimate of drug-likeness (QED) is 0.580. The zero-order valence-electron chi connectivity index (χ0n) is 15.9. The van der Waals surface area contributed by atoms with Crippen molar-refractivity contribution in [1.29, 1.82) is 0 Å². The van der Waals surface area contributed by atoms with Gasteiger partial charge in [0.15, 0.2) is 0 Å². The third-order valence-electron chi connectivity index (χ3n) is 4.69. The molecule has 0 saturated heterocycles. The summed E-state index contributed by atoms with van der Waals surface area (Å²) in [4.78, 5) is 17.1. The Morgan fingerprint density at radius 1 is 1.04 bits per heavy atom. The van der Waals surface area contributed by atoms with Gasteiger partial charge in [0.25, 0.3) is 5.91 Å². The molecular formula is C22H20N4O2. The highest BCUT2D eigenvalue weighted by molar-refractivity contribution is 6.05. The number of benzene rings is 2. The van der Waals surface area contributed by atoms with E-state index in [-0.39, 0.29) is 5.91 Å². The average molecular weight is 372 g/mol. The fraction of sp³-hybridized carbons (Fsp3) is 0.136. The van der Waals surface area contributed by atoms with Crippen molar-refractivity contribution in [2.75, 3.05) is 12.4 Å². The van der Waals surface area contributed by atoms with Crippen molar-refractivity contribution >= 4 is 22.4 Å². The van der Waals surface area contributed by atoms with Crippen LogP contribution in [0.15, 0.2) is 60.8 Å². The van der Waals surface area contributed by atoms with Crippen molar-refractivity contribution < 1.29 is 9.53 Å². The molecule has 140 valence electrons. The van der Waals surface area contributed by atoms with Gasteiger partial charge in [-0.15, -0.1) is 0 Å². The molecule has 2 aromatic heterocycles. The van der Waals surface area contributed by atoms with Crippen LogP contribution in [0, 0.1) is 13.8 Å². The second-order valence-corrected chi connectivity index (χ2v) is 6.53. The third kappa shape index (κ3) is 3.20. The van der Waals surface area contributed by atoms with Crippen molar-refractivity contribution in [3.8, 4) is 11.4 Å². The van der Waals surface area contributed by atoms with Gasteiger partial charge >= 0.3 is 0 Å². The molecule has 6 heteroatoms. The number of rotatable bonds is 4. The molecular weight excluding hydrogens is 352 g/mol. The van der Waals surface area contributed by atoms with E-state index in [1.807, 2.05) is 67.1 Å². The van der Waals surface area contributed by atoms with Gasteiger partial charge in [-0.3, -0.25) is 9.78 Å². The zero-order chi connectivity index (χ0) is 19.7. The lowest BCUT2D eigenvalue weighted by Crippen LogP contribution is -2.14. The Hall–Kier alpha value is -3.67. The summed E-state index contributed by atoms with van der Waals surface area (Å²) >= 11 is 0. The number of nitrogens with zero attached hydrogens (tertiary/aromatic N) is 3. The molecule has 2 aromatic carbocycles. The van der Waals surface area contributed by atoms with Crippen molar-refractivity contribution in [3.63, 3.8) is 0 Å². The number of aryl methyl sites for hydroxylation is 1. The fourth-order valence-corrected chi connectivity index (χ4v) is 3.19. The van der Waals surface area contributed by atoms with Gasteiger partial charge in [0.2, 0.25) is 0 Å². The summed E-state index contributed by atoms with van der Waals surface area (Å²) in [5.74, 6) is 0.489. The minimum Gasteiger partial charge on any atom is -0.497 e. The van der Waals surface area contributed by atoms with Crippen molar-refractivity contribution in [2.24, 2.45) is 0 Å². The molecule has 0 bridgehead atoms. The number of hydrogen-bond donors (Lipinski definition) is 1. The number of carbonyl (C=O) groups excluding carboxylic acids is 1. The van der Waals surface area contributed by atoms with Crippen LogP contribution in [0.5, 0.6) is 5.75 Å². The number of aromatic nitrogens is 3. The maximum absolute atomic E-state index is 12.8. The van der Waals surface area contributed by atoms with Crippen LogP contribution in [0.2, 0.25) is 0 Å². The molecule has 2 heterocycles. The van der Waals surface area contributed by atoms with Crippen molar-refractivity contribution in [3.05, 3.63) is 77.9 Å². The van der Waals surface area contributed by atoms with Crippen LogP contribution in [-0.4, -0.2) is 27.8 Å². The molecule has 0 aliphatic heterocycles. The van der Waals surface area contributed by atoms with E-state index in [1.54, 1.807) is 19.4 Å². The number of pyridine rings is 1. The molecule has 1 N–H and O–H groups in total. The SMILES string of the molecule is COc1ccc2cc(C(=O)Nc3c(C)nn(-c4ccccc4)c3C)ncc2c1. The second-order valence-electron chi connectivity index (χ2n) is 6.53. The van der Waals surface area contributed by atoms with Crippen LogP contribution >= 0.6 is 0 Å². The summed E-state index contributed by atoms with van der Waals surface area (Å²) in [6, 6.07) is 17.3. The van der Waals surface area contributed by atoms with E-state index in [0.29, 0.717) is 11.4 Å². The van der Waals surface area contributed by atoms with E-state index < -0.39 is 0 Å². The summed E-state index contributed by atoms with van der Waals surface area (Å²) < 4.78 is 7.05. The molecule has 0 saturated carbocycles. The van der Waals surface area contributed by atoms with Crippen LogP contribution in [0.25, 0.3) is 16.5 Å². The molecule has 0 atom stereocenters. The summed E-state index contributed by atoms with van der Waals surface area (Å²) in [6.07, 6.45) is 1.68. The predicted octanol–water partition coefficient (Wildman–Crippen LogP) is 4.30. The normalized spacial score (nSPS) is 10.8. The van der Waals surface area contributed by atoms with Crippen LogP contribution in [-0.2, 0) is 0 Å². The number of hydrogen-bond acceptors (Lipinski definition) is 4. The Kier molecular flexibility index (Phi) is 4.53. The lowest BCUT2D eigenvalue weighted by atomic mass is 10.1. The number of anilines is 1. The molecule has 0 unspecified atom stereocenters. The summed E-state index contributed by atoms with van der Waals surface area (Å²) in [7, 11) is 1.62. The highest BCUT2D eigenvalue weighted by Crippen LogP contribution is 2.24. The molecule has 0 spiro atoms. The first kappa shape index (κ1) is 17.7. The van der Waals surface area contributed by atoms with Crippen molar-refractivity contribution in [2.45, 2.75) is 13.8 Å². The number of amides is 1. The average Bonchev–Trinajstić information content (AvgIpc) is 3.01. The van der Waals surface area contributed by atoms with Gasteiger partial charge in [-0.25, -0.2) is 4.68 Å². The molecule has 28 heavy (non-hydrogen) atoms.